The number of benzene rings is 1. The third-order valence-corrected chi connectivity index (χ3v) is 3.38. The lowest BCUT2D eigenvalue weighted by atomic mass is 10.1. The highest BCUT2D eigenvalue weighted by molar-refractivity contribution is 5.66. The maximum atomic E-state index is 11.0. The molecule has 1 aromatic rings. The molecule has 0 aliphatic heterocycles. The third kappa shape index (κ3) is 9.48. The lowest BCUT2D eigenvalue weighted by Gasteiger charge is -2.20. The van der Waals surface area contributed by atoms with Crippen molar-refractivity contribution in [2.75, 3.05) is 26.9 Å². The van der Waals surface area contributed by atoms with Gasteiger partial charge in [-0.3, -0.25) is 14.4 Å². The summed E-state index contributed by atoms with van der Waals surface area (Å²) >= 11 is 0. The molecule has 1 rings (SSSR count). The SMILES string of the molecule is COc1cc(CCCOC(C)=O)ccc1OC(COC(C)=O)COC(C)=O. The van der Waals surface area contributed by atoms with Crippen molar-refractivity contribution < 1.29 is 38.1 Å². The van der Waals surface area contributed by atoms with E-state index < -0.39 is 18.0 Å². The Morgan fingerprint density at radius 2 is 1.48 bits per heavy atom. The van der Waals surface area contributed by atoms with Crippen LogP contribution in [0, 0.1) is 0 Å². The number of carbonyl (C=O) groups is 3. The zero-order valence-corrected chi connectivity index (χ0v) is 16.1. The van der Waals surface area contributed by atoms with Crippen LogP contribution in [-0.2, 0) is 35.0 Å². The Kier molecular flexibility index (Phi) is 9.71. The molecule has 8 nitrogen and oxygen atoms in total. The van der Waals surface area contributed by atoms with Crippen LogP contribution in [-0.4, -0.2) is 50.9 Å². The van der Waals surface area contributed by atoms with Crippen LogP contribution in [0.4, 0.5) is 0 Å². The monoisotopic (exact) mass is 382 g/mol. The first-order valence-corrected chi connectivity index (χ1v) is 8.55. The lowest BCUT2D eigenvalue weighted by Crippen LogP contribution is -2.30. The summed E-state index contributed by atoms with van der Waals surface area (Å²) in [5, 5.41) is 0. The van der Waals surface area contributed by atoms with Gasteiger partial charge in [-0.05, 0) is 30.5 Å². The summed E-state index contributed by atoms with van der Waals surface area (Å²) in [5.41, 5.74) is 0.989. The average Bonchev–Trinajstić information content (AvgIpc) is 2.61. The van der Waals surface area contributed by atoms with E-state index in [1.165, 1.54) is 27.9 Å². The molecule has 0 saturated carbocycles. The van der Waals surface area contributed by atoms with E-state index in [0.717, 1.165) is 5.56 Å². The number of hydrogen-bond donors (Lipinski definition) is 0. The van der Waals surface area contributed by atoms with Crippen LogP contribution in [0.2, 0.25) is 0 Å². The van der Waals surface area contributed by atoms with E-state index in [4.69, 9.17) is 23.7 Å². The van der Waals surface area contributed by atoms with Gasteiger partial charge in [0.25, 0.3) is 0 Å². The van der Waals surface area contributed by atoms with Crippen molar-refractivity contribution in [1.29, 1.82) is 0 Å². The molecule has 0 N–H and O–H groups in total. The minimum Gasteiger partial charge on any atom is -0.493 e. The van der Waals surface area contributed by atoms with Gasteiger partial charge in [-0.15, -0.1) is 0 Å². The maximum Gasteiger partial charge on any atom is 0.302 e. The fourth-order valence-corrected chi connectivity index (χ4v) is 2.17. The number of rotatable bonds is 11. The Balaban J connectivity index is 2.74. The van der Waals surface area contributed by atoms with E-state index in [1.807, 2.05) is 12.1 Å². The number of methoxy groups -OCH3 is 1. The molecule has 0 aliphatic carbocycles. The third-order valence-electron chi connectivity index (χ3n) is 3.38. The van der Waals surface area contributed by atoms with Crippen LogP contribution in [0.5, 0.6) is 11.5 Å². The first kappa shape index (κ1) is 22.3. The molecule has 27 heavy (non-hydrogen) atoms. The van der Waals surface area contributed by atoms with Gasteiger partial charge in [0.2, 0.25) is 0 Å². The quantitative estimate of drug-likeness (QED) is 0.326. The molecule has 0 atom stereocenters. The van der Waals surface area contributed by atoms with Gasteiger partial charge in [0.1, 0.15) is 13.2 Å². The van der Waals surface area contributed by atoms with Gasteiger partial charge < -0.3 is 23.7 Å². The van der Waals surface area contributed by atoms with E-state index in [-0.39, 0.29) is 19.2 Å². The molecular formula is C19H26O8. The summed E-state index contributed by atoms with van der Waals surface area (Å²) in [6.45, 7) is 4.17. The highest BCUT2D eigenvalue weighted by atomic mass is 16.6. The van der Waals surface area contributed by atoms with Crippen LogP contribution >= 0.6 is 0 Å². The van der Waals surface area contributed by atoms with E-state index in [1.54, 1.807) is 6.07 Å². The fraction of sp³-hybridized carbons (Fsp3) is 0.526. The number of esters is 3. The summed E-state index contributed by atoms with van der Waals surface area (Å²) in [4.78, 5) is 32.8. The molecule has 0 unspecified atom stereocenters. The maximum absolute atomic E-state index is 11.0. The van der Waals surface area contributed by atoms with Gasteiger partial charge in [0.05, 0.1) is 13.7 Å². The fourth-order valence-electron chi connectivity index (χ4n) is 2.17. The van der Waals surface area contributed by atoms with Crippen molar-refractivity contribution in [3.8, 4) is 11.5 Å². The molecule has 0 amide bonds. The summed E-state index contributed by atoms with van der Waals surface area (Å²) in [5.74, 6) is -0.285. The van der Waals surface area contributed by atoms with Crippen LogP contribution in [0.25, 0.3) is 0 Å². The van der Waals surface area contributed by atoms with E-state index in [9.17, 15) is 14.4 Å². The van der Waals surface area contributed by atoms with Gasteiger partial charge in [-0.2, -0.15) is 0 Å². The minimum absolute atomic E-state index is 0.0596. The number of ether oxygens (including phenoxy) is 5. The summed E-state index contributed by atoms with van der Waals surface area (Å²) < 4.78 is 26.0. The molecule has 0 heterocycles. The molecule has 0 aliphatic rings. The summed E-state index contributed by atoms with van der Waals surface area (Å²) in [7, 11) is 1.51. The Morgan fingerprint density at radius 3 is 2.00 bits per heavy atom. The van der Waals surface area contributed by atoms with Gasteiger partial charge in [-0.1, -0.05) is 6.07 Å². The molecule has 0 aromatic heterocycles. The van der Waals surface area contributed by atoms with Crippen molar-refractivity contribution in [1.82, 2.24) is 0 Å². The van der Waals surface area contributed by atoms with Gasteiger partial charge in [0, 0.05) is 20.8 Å². The van der Waals surface area contributed by atoms with E-state index >= 15 is 0 Å². The Labute approximate surface area is 158 Å². The van der Waals surface area contributed by atoms with Gasteiger partial charge in [0.15, 0.2) is 17.6 Å². The largest absolute Gasteiger partial charge is 0.493 e. The van der Waals surface area contributed by atoms with Crippen LogP contribution in [0.1, 0.15) is 32.8 Å². The highest BCUT2D eigenvalue weighted by Crippen LogP contribution is 2.29. The van der Waals surface area contributed by atoms with Crippen molar-refractivity contribution in [2.24, 2.45) is 0 Å². The average molecular weight is 382 g/mol. The van der Waals surface area contributed by atoms with Crippen molar-refractivity contribution >= 4 is 17.9 Å². The standard InChI is InChI=1S/C19H26O8/c1-13(20)24-9-5-6-16-7-8-18(19(10-16)23-4)27-17(11-25-14(2)21)12-26-15(3)22/h7-8,10,17H,5-6,9,11-12H2,1-4H3. The van der Waals surface area contributed by atoms with Crippen LogP contribution in [0.3, 0.4) is 0 Å². The number of hydrogen-bond acceptors (Lipinski definition) is 8. The highest BCUT2D eigenvalue weighted by Gasteiger charge is 2.17. The van der Waals surface area contributed by atoms with Crippen molar-refractivity contribution in [2.45, 2.75) is 39.7 Å². The lowest BCUT2D eigenvalue weighted by molar-refractivity contribution is -0.148. The van der Waals surface area contributed by atoms with Crippen LogP contribution < -0.4 is 9.47 Å². The Morgan fingerprint density at radius 1 is 0.889 bits per heavy atom. The Hall–Kier alpha value is -2.77. The van der Waals surface area contributed by atoms with E-state index in [0.29, 0.717) is 30.9 Å². The van der Waals surface area contributed by atoms with Crippen molar-refractivity contribution in [3.05, 3.63) is 23.8 Å². The van der Waals surface area contributed by atoms with E-state index in [2.05, 4.69) is 0 Å². The first-order valence-electron chi connectivity index (χ1n) is 8.55. The number of aryl methyl sites for hydroxylation is 1. The van der Waals surface area contributed by atoms with Crippen LogP contribution in [0.15, 0.2) is 18.2 Å². The molecule has 0 radical (unpaired) electrons. The van der Waals surface area contributed by atoms with Gasteiger partial charge in [-0.25, -0.2) is 0 Å². The molecule has 0 fully saturated rings. The molecule has 0 saturated heterocycles. The molecule has 1 aromatic carbocycles. The smallest absolute Gasteiger partial charge is 0.302 e. The second-order valence-corrected chi connectivity index (χ2v) is 5.77. The van der Waals surface area contributed by atoms with Gasteiger partial charge >= 0.3 is 17.9 Å². The number of carbonyl (C=O) groups excluding carboxylic acids is 3. The predicted molar refractivity (Wildman–Crippen MR) is 95.6 cm³/mol. The second-order valence-electron chi connectivity index (χ2n) is 5.77. The van der Waals surface area contributed by atoms with Crippen molar-refractivity contribution in [3.63, 3.8) is 0 Å². The summed E-state index contributed by atoms with van der Waals surface area (Å²) in [6.07, 6.45) is 0.722. The first-order chi connectivity index (χ1) is 12.8. The minimum atomic E-state index is -0.665. The molecule has 150 valence electrons. The molecule has 0 spiro atoms. The predicted octanol–water partition coefficient (Wildman–Crippen LogP) is 2.06. The summed E-state index contributed by atoms with van der Waals surface area (Å²) in [6, 6.07) is 5.41. The normalized spacial score (nSPS) is 10.3. The molecular weight excluding hydrogens is 356 g/mol. The Bertz CT molecular complexity index is 623. The molecule has 0 bridgehead atoms. The second kappa shape index (κ2) is 11.8. The zero-order valence-electron chi connectivity index (χ0n) is 16.1. The molecule has 8 heteroatoms. The zero-order chi connectivity index (χ0) is 20.2. The topological polar surface area (TPSA) is 97.4 Å².